The van der Waals surface area contributed by atoms with Crippen molar-refractivity contribution in [3.8, 4) is 0 Å². The second-order valence-electron chi connectivity index (χ2n) is 6.22. The monoisotopic (exact) mass is 336 g/mol. The molecule has 2 heteroatoms. The molecule has 0 amide bonds. The molecular weight excluding hydrogens is 308 g/mol. The molecule has 0 bridgehead atoms. The number of carbonyl (C=O) groups is 1. The van der Waals surface area contributed by atoms with E-state index in [9.17, 15) is 4.79 Å². The Kier molecular flexibility index (Phi) is 7.00. The number of allylic oxidation sites excluding steroid dienone is 1. The highest BCUT2D eigenvalue weighted by atomic mass is 16.5. The van der Waals surface area contributed by atoms with Crippen LogP contribution in [-0.2, 0) is 30.4 Å². The highest BCUT2D eigenvalue weighted by Crippen LogP contribution is 2.20. The van der Waals surface area contributed by atoms with Crippen LogP contribution in [0.2, 0.25) is 0 Å². The van der Waals surface area contributed by atoms with Crippen LogP contribution in [0.5, 0.6) is 0 Å². The van der Waals surface area contributed by atoms with Crippen molar-refractivity contribution in [3.63, 3.8) is 0 Å². The summed E-state index contributed by atoms with van der Waals surface area (Å²) in [6, 6.07) is 12.6. The number of carbonyl (C=O) groups excluding carboxylic acids is 1. The lowest BCUT2D eigenvalue weighted by Gasteiger charge is -2.12. The van der Waals surface area contributed by atoms with Crippen molar-refractivity contribution in [3.05, 3.63) is 75.9 Å². The first-order chi connectivity index (χ1) is 12.1. The minimum absolute atomic E-state index is 0.282. The molecule has 0 atom stereocenters. The van der Waals surface area contributed by atoms with Crippen LogP contribution in [0, 0.1) is 0 Å². The molecule has 0 fully saturated rings. The summed E-state index contributed by atoms with van der Waals surface area (Å²) in [6.07, 6.45) is 8.12. The first-order valence-electron chi connectivity index (χ1n) is 9.07. The van der Waals surface area contributed by atoms with Gasteiger partial charge in [-0.25, -0.2) is 4.79 Å². The summed E-state index contributed by atoms with van der Waals surface area (Å²) < 4.78 is 4.86. The van der Waals surface area contributed by atoms with Crippen molar-refractivity contribution >= 4 is 12.0 Å². The van der Waals surface area contributed by atoms with Crippen molar-refractivity contribution < 1.29 is 9.53 Å². The lowest BCUT2D eigenvalue weighted by molar-refractivity contribution is 0.0600. The summed E-state index contributed by atoms with van der Waals surface area (Å²) in [5.74, 6) is -0.282. The molecule has 0 heterocycles. The van der Waals surface area contributed by atoms with E-state index < -0.39 is 0 Å². The predicted molar refractivity (Wildman–Crippen MR) is 105 cm³/mol. The van der Waals surface area contributed by atoms with Gasteiger partial charge in [0.2, 0.25) is 0 Å². The van der Waals surface area contributed by atoms with Gasteiger partial charge in [0.25, 0.3) is 0 Å². The van der Waals surface area contributed by atoms with Crippen LogP contribution in [0.25, 0.3) is 6.08 Å². The van der Waals surface area contributed by atoms with Crippen molar-refractivity contribution in [2.24, 2.45) is 0 Å². The van der Waals surface area contributed by atoms with Gasteiger partial charge in [0, 0.05) is 0 Å². The average molecular weight is 336 g/mol. The Morgan fingerprint density at radius 1 is 0.960 bits per heavy atom. The lowest BCUT2D eigenvalue weighted by Crippen LogP contribution is -2.04. The van der Waals surface area contributed by atoms with Gasteiger partial charge in [0.15, 0.2) is 0 Å². The molecule has 25 heavy (non-hydrogen) atoms. The van der Waals surface area contributed by atoms with E-state index in [0.717, 1.165) is 25.7 Å². The fourth-order valence-electron chi connectivity index (χ4n) is 3.16. The zero-order chi connectivity index (χ0) is 18.2. The van der Waals surface area contributed by atoms with Gasteiger partial charge < -0.3 is 4.74 Å². The predicted octanol–water partition coefficient (Wildman–Crippen LogP) is 5.42. The number of benzene rings is 2. The van der Waals surface area contributed by atoms with E-state index in [4.69, 9.17) is 4.74 Å². The summed E-state index contributed by atoms with van der Waals surface area (Å²) in [7, 11) is 1.42. The van der Waals surface area contributed by atoms with Crippen LogP contribution in [-0.4, -0.2) is 13.1 Å². The van der Waals surface area contributed by atoms with Crippen LogP contribution >= 0.6 is 0 Å². The third-order valence-electron chi connectivity index (χ3n) is 4.63. The maximum atomic E-state index is 11.9. The molecule has 2 aromatic rings. The SMILES string of the molecule is CC=Cc1ccc(C(=O)OC)cc1CCc1cc(CC)ccc1CC. The Balaban J connectivity index is 2.31. The third kappa shape index (κ3) is 4.82. The molecular formula is C23H28O2. The molecule has 2 aromatic carbocycles. The molecule has 0 N–H and O–H groups in total. The molecule has 0 unspecified atom stereocenters. The summed E-state index contributed by atoms with van der Waals surface area (Å²) in [5.41, 5.74) is 7.17. The molecule has 2 nitrogen and oxygen atoms in total. The highest BCUT2D eigenvalue weighted by molar-refractivity contribution is 5.90. The molecule has 0 saturated heterocycles. The van der Waals surface area contributed by atoms with E-state index in [-0.39, 0.29) is 5.97 Å². The first kappa shape index (κ1) is 19.0. The standard InChI is InChI=1S/C23H28O2/c1-5-8-19-11-14-22(23(24)25-4)16-21(19)13-12-20-15-17(6-2)9-10-18(20)7-3/h5,8-11,14-16H,6-7,12-13H2,1-4H3. The van der Waals surface area contributed by atoms with Gasteiger partial charge in [-0.15, -0.1) is 0 Å². The van der Waals surface area contributed by atoms with E-state index in [1.54, 1.807) is 0 Å². The quantitative estimate of drug-likeness (QED) is 0.631. The smallest absolute Gasteiger partial charge is 0.337 e. The van der Waals surface area contributed by atoms with Crippen molar-refractivity contribution in [1.82, 2.24) is 0 Å². The number of hydrogen-bond acceptors (Lipinski definition) is 2. The minimum atomic E-state index is -0.282. The Morgan fingerprint density at radius 3 is 2.36 bits per heavy atom. The van der Waals surface area contributed by atoms with Crippen molar-refractivity contribution in [1.29, 1.82) is 0 Å². The van der Waals surface area contributed by atoms with Gasteiger partial charge in [-0.3, -0.25) is 0 Å². The molecule has 0 aromatic heterocycles. The van der Waals surface area contributed by atoms with Crippen LogP contribution < -0.4 is 0 Å². The van der Waals surface area contributed by atoms with Crippen LogP contribution in [0.1, 0.15) is 58.9 Å². The van der Waals surface area contributed by atoms with Gasteiger partial charge in [-0.05, 0) is 72.6 Å². The summed E-state index contributed by atoms with van der Waals surface area (Å²) in [4.78, 5) is 11.9. The number of rotatable bonds is 7. The summed E-state index contributed by atoms with van der Waals surface area (Å²) >= 11 is 0. The second-order valence-corrected chi connectivity index (χ2v) is 6.22. The largest absolute Gasteiger partial charge is 0.465 e. The number of hydrogen-bond donors (Lipinski definition) is 0. The number of ether oxygens (including phenoxy) is 1. The highest BCUT2D eigenvalue weighted by Gasteiger charge is 2.10. The van der Waals surface area contributed by atoms with E-state index in [1.165, 1.54) is 34.9 Å². The summed E-state index contributed by atoms with van der Waals surface area (Å²) in [5, 5.41) is 0. The Bertz CT molecular complexity index is 757. The van der Waals surface area contributed by atoms with Crippen LogP contribution in [0.4, 0.5) is 0 Å². The Morgan fingerprint density at radius 2 is 1.72 bits per heavy atom. The van der Waals surface area contributed by atoms with Gasteiger partial charge >= 0.3 is 5.97 Å². The first-order valence-corrected chi connectivity index (χ1v) is 9.07. The second kappa shape index (κ2) is 9.22. The average Bonchev–Trinajstić information content (AvgIpc) is 2.66. The number of esters is 1. The molecule has 0 aliphatic carbocycles. The number of aryl methyl sites for hydroxylation is 4. The van der Waals surface area contributed by atoms with Crippen molar-refractivity contribution in [2.45, 2.75) is 46.5 Å². The third-order valence-corrected chi connectivity index (χ3v) is 4.63. The molecule has 0 saturated carbocycles. The van der Waals surface area contributed by atoms with Gasteiger partial charge in [0.1, 0.15) is 0 Å². The van der Waals surface area contributed by atoms with Gasteiger partial charge in [-0.2, -0.15) is 0 Å². The molecule has 0 spiro atoms. The molecule has 0 radical (unpaired) electrons. The fraction of sp³-hybridized carbons (Fsp3) is 0.348. The van der Waals surface area contributed by atoms with E-state index in [0.29, 0.717) is 5.56 Å². The zero-order valence-electron chi connectivity index (χ0n) is 15.8. The molecule has 0 aliphatic rings. The molecule has 2 rings (SSSR count). The van der Waals surface area contributed by atoms with E-state index in [2.05, 4.69) is 38.1 Å². The molecule has 132 valence electrons. The molecule has 0 aliphatic heterocycles. The minimum Gasteiger partial charge on any atom is -0.465 e. The zero-order valence-corrected chi connectivity index (χ0v) is 15.8. The Labute approximate surface area is 151 Å². The number of methoxy groups -OCH3 is 1. The van der Waals surface area contributed by atoms with Crippen LogP contribution in [0.3, 0.4) is 0 Å². The topological polar surface area (TPSA) is 26.3 Å². The maximum Gasteiger partial charge on any atom is 0.337 e. The Hall–Kier alpha value is -2.35. The lowest BCUT2D eigenvalue weighted by atomic mass is 9.93. The summed E-state index contributed by atoms with van der Waals surface area (Å²) in [6.45, 7) is 6.40. The van der Waals surface area contributed by atoms with Crippen LogP contribution in [0.15, 0.2) is 42.5 Å². The fourth-order valence-corrected chi connectivity index (χ4v) is 3.16. The van der Waals surface area contributed by atoms with Crippen molar-refractivity contribution in [2.75, 3.05) is 7.11 Å². The van der Waals surface area contributed by atoms with Gasteiger partial charge in [0.05, 0.1) is 12.7 Å². The van der Waals surface area contributed by atoms with E-state index in [1.807, 2.05) is 31.2 Å². The normalized spacial score (nSPS) is 11.0. The van der Waals surface area contributed by atoms with Gasteiger partial charge in [-0.1, -0.05) is 50.3 Å². The maximum absolute atomic E-state index is 11.9. The van der Waals surface area contributed by atoms with E-state index >= 15 is 0 Å².